The normalized spacial score (nSPS) is 12.1. The topological polar surface area (TPSA) is 21.3 Å². The third-order valence-corrected chi connectivity index (χ3v) is 3.28. The van der Waals surface area contributed by atoms with Gasteiger partial charge in [0.1, 0.15) is 12.4 Å². The number of nitrogens with one attached hydrogen (secondary N) is 1. The first-order valence-electron chi connectivity index (χ1n) is 6.43. The minimum absolute atomic E-state index is 0.216. The fourth-order valence-corrected chi connectivity index (χ4v) is 2.20. The number of para-hydroxylation sites is 1. The summed E-state index contributed by atoms with van der Waals surface area (Å²) in [5, 5.41) is 4.20. The molecule has 0 saturated heterocycles. The molecule has 0 fully saturated rings. The number of hydrogen-bond acceptors (Lipinski definition) is 2. The van der Waals surface area contributed by atoms with Crippen LogP contribution in [0.25, 0.3) is 0 Å². The average molecular weight is 276 g/mol. The summed E-state index contributed by atoms with van der Waals surface area (Å²) in [6.45, 7) is 3.52. The molecule has 2 aromatic carbocycles. The van der Waals surface area contributed by atoms with Gasteiger partial charge in [0, 0.05) is 17.6 Å². The molecule has 19 heavy (non-hydrogen) atoms. The zero-order chi connectivity index (χ0) is 13.5. The number of halogens is 1. The number of hydrogen-bond donors (Lipinski definition) is 1. The van der Waals surface area contributed by atoms with Crippen molar-refractivity contribution in [1.29, 1.82) is 0 Å². The van der Waals surface area contributed by atoms with E-state index < -0.39 is 0 Å². The smallest absolute Gasteiger partial charge is 0.119 e. The molecular weight excluding hydrogens is 258 g/mol. The lowest BCUT2D eigenvalue weighted by atomic mass is 10.1. The van der Waals surface area contributed by atoms with E-state index in [4.69, 9.17) is 16.3 Å². The van der Waals surface area contributed by atoms with Gasteiger partial charge in [-0.2, -0.15) is 0 Å². The van der Waals surface area contributed by atoms with Crippen LogP contribution in [0.2, 0.25) is 5.02 Å². The monoisotopic (exact) mass is 275 g/mol. The van der Waals surface area contributed by atoms with Crippen molar-refractivity contribution in [1.82, 2.24) is 5.32 Å². The molecule has 1 N–H and O–H groups in total. The van der Waals surface area contributed by atoms with Gasteiger partial charge in [-0.15, -0.1) is 0 Å². The van der Waals surface area contributed by atoms with Crippen molar-refractivity contribution in [2.24, 2.45) is 0 Å². The first-order valence-corrected chi connectivity index (χ1v) is 6.81. The Morgan fingerprint density at radius 2 is 1.74 bits per heavy atom. The van der Waals surface area contributed by atoms with Crippen LogP contribution in [0.4, 0.5) is 0 Å². The van der Waals surface area contributed by atoms with Gasteiger partial charge < -0.3 is 10.1 Å². The molecule has 1 atom stereocenters. The van der Waals surface area contributed by atoms with E-state index in [1.165, 1.54) is 0 Å². The van der Waals surface area contributed by atoms with Gasteiger partial charge in [0.05, 0.1) is 0 Å². The minimum atomic E-state index is 0.216. The molecule has 2 rings (SSSR count). The van der Waals surface area contributed by atoms with Crippen LogP contribution in [0.3, 0.4) is 0 Å². The van der Waals surface area contributed by atoms with Crippen LogP contribution >= 0.6 is 11.6 Å². The highest BCUT2D eigenvalue weighted by atomic mass is 35.5. The molecule has 2 aromatic rings. The molecule has 0 bridgehead atoms. The Hall–Kier alpha value is -1.51. The summed E-state index contributed by atoms with van der Waals surface area (Å²) in [5.41, 5.74) is 1.11. The number of rotatable bonds is 6. The van der Waals surface area contributed by atoms with Crippen molar-refractivity contribution in [3.8, 4) is 5.75 Å². The van der Waals surface area contributed by atoms with Crippen LogP contribution in [0.5, 0.6) is 5.75 Å². The molecule has 0 aliphatic heterocycles. The van der Waals surface area contributed by atoms with Gasteiger partial charge in [-0.1, -0.05) is 48.0 Å². The highest BCUT2D eigenvalue weighted by Gasteiger charge is 2.07. The van der Waals surface area contributed by atoms with E-state index in [0.717, 1.165) is 22.9 Å². The fraction of sp³-hybridized carbons (Fsp3) is 0.250. The predicted molar refractivity (Wildman–Crippen MR) is 79.8 cm³/mol. The maximum Gasteiger partial charge on any atom is 0.119 e. The summed E-state index contributed by atoms with van der Waals surface area (Å²) < 4.78 is 5.63. The second-order valence-corrected chi connectivity index (χ2v) is 4.77. The van der Waals surface area contributed by atoms with Crippen molar-refractivity contribution >= 4 is 11.6 Å². The first kappa shape index (κ1) is 13.9. The van der Waals surface area contributed by atoms with Gasteiger partial charge in [0.2, 0.25) is 0 Å². The molecule has 0 amide bonds. The second-order valence-electron chi connectivity index (χ2n) is 4.36. The Morgan fingerprint density at radius 1 is 1.05 bits per heavy atom. The molecule has 3 heteroatoms. The van der Waals surface area contributed by atoms with Gasteiger partial charge in [-0.25, -0.2) is 0 Å². The lowest BCUT2D eigenvalue weighted by Gasteiger charge is -2.15. The molecule has 0 aromatic heterocycles. The maximum absolute atomic E-state index is 6.16. The van der Waals surface area contributed by atoms with Crippen LogP contribution < -0.4 is 10.1 Å². The molecule has 0 spiro atoms. The van der Waals surface area contributed by atoms with Gasteiger partial charge in [-0.3, -0.25) is 0 Å². The van der Waals surface area contributed by atoms with Crippen LogP contribution in [0, 0.1) is 0 Å². The average Bonchev–Trinajstić information content (AvgIpc) is 2.45. The van der Waals surface area contributed by atoms with Gasteiger partial charge in [0.15, 0.2) is 0 Å². The lowest BCUT2D eigenvalue weighted by molar-refractivity contribution is 0.307. The Morgan fingerprint density at radius 3 is 2.47 bits per heavy atom. The molecule has 0 radical (unpaired) electrons. The summed E-state index contributed by atoms with van der Waals surface area (Å²) in [6.07, 6.45) is 0. The van der Waals surface area contributed by atoms with Gasteiger partial charge in [0.25, 0.3) is 0 Å². The number of benzene rings is 2. The molecule has 0 aliphatic carbocycles. The summed E-state index contributed by atoms with van der Waals surface area (Å²) >= 11 is 6.16. The molecular formula is C16H18ClNO. The highest BCUT2D eigenvalue weighted by Crippen LogP contribution is 2.21. The summed E-state index contributed by atoms with van der Waals surface area (Å²) in [6, 6.07) is 17.9. The summed E-state index contributed by atoms with van der Waals surface area (Å²) in [7, 11) is 0. The van der Waals surface area contributed by atoms with Crippen molar-refractivity contribution < 1.29 is 4.74 Å². The van der Waals surface area contributed by atoms with E-state index in [2.05, 4.69) is 12.2 Å². The molecule has 0 aliphatic rings. The van der Waals surface area contributed by atoms with Gasteiger partial charge in [-0.05, 0) is 30.7 Å². The van der Waals surface area contributed by atoms with E-state index in [1.54, 1.807) is 0 Å². The lowest BCUT2D eigenvalue weighted by Crippen LogP contribution is -2.24. The molecule has 0 saturated carbocycles. The zero-order valence-corrected chi connectivity index (χ0v) is 11.7. The molecule has 2 nitrogen and oxygen atoms in total. The third-order valence-electron chi connectivity index (χ3n) is 2.94. The summed E-state index contributed by atoms with van der Waals surface area (Å²) in [5.74, 6) is 0.898. The van der Waals surface area contributed by atoms with Crippen molar-refractivity contribution in [2.45, 2.75) is 13.0 Å². The number of ether oxygens (including phenoxy) is 1. The molecule has 0 unspecified atom stereocenters. The van der Waals surface area contributed by atoms with E-state index in [-0.39, 0.29) is 6.04 Å². The highest BCUT2D eigenvalue weighted by molar-refractivity contribution is 6.31. The molecule has 100 valence electrons. The van der Waals surface area contributed by atoms with Crippen LogP contribution in [-0.2, 0) is 0 Å². The van der Waals surface area contributed by atoms with Gasteiger partial charge >= 0.3 is 0 Å². The van der Waals surface area contributed by atoms with Crippen LogP contribution in [0.1, 0.15) is 18.5 Å². The van der Waals surface area contributed by atoms with Crippen molar-refractivity contribution in [3.63, 3.8) is 0 Å². The van der Waals surface area contributed by atoms with E-state index in [1.807, 2.05) is 54.6 Å². The standard InChI is InChI=1S/C16H18ClNO/c1-13(15-9-5-6-10-16(15)17)18-11-12-19-14-7-3-2-4-8-14/h2-10,13,18H,11-12H2,1H3/t13-/m1/s1. The third kappa shape index (κ3) is 4.27. The van der Waals surface area contributed by atoms with E-state index in [0.29, 0.717) is 6.61 Å². The Balaban J connectivity index is 1.76. The summed E-state index contributed by atoms with van der Waals surface area (Å²) in [4.78, 5) is 0. The Kier molecular flexibility index (Phi) is 5.25. The molecule has 0 heterocycles. The van der Waals surface area contributed by atoms with Crippen LogP contribution in [-0.4, -0.2) is 13.2 Å². The fourth-order valence-electron chi connectivity index (χ4n) is 1.90. The minimum Gasteiger partial charge on any atom is -0.492 e. The predicted octanol–water partition coefficient (Wildman–Crippen LogP) is 4.07. The first-order chi connectivity index (χ1) is 9.27. The Labute approximate surface area is 119 Å². The quantitative estimate of drug-likeness (QED) is 0.803. The van der Waals surface area contributed by atoms with E-state index >= 15 is 0 Å². The SMILES string of the molecule is C[C@@H](NCCOc1ccccc1)c1ccccc1Cl. The van der Waals surface area contributed by atoms with Crippen molar-refractivity contribution in [2.75, 3.05) is 13.2 Å². The zero-order valence-electron chi connectivity index (χ0n) is 11.0. The van der Waals surface area contributed by atoms with Crippen molar-refractivity contribution in [3.05, 3.63) is 65.2 Å². The van der Waals surface area contributed by atoms with Crippen LogP contribution in [0.15, 0.2) is 54.6 Å². The van der Waals surface area contributed by atoms with E-state index in [9.17, 15) is 0 Å². The second kappa shape index (κ2) is 7.17. The largest absolute Gasteiger partial charge is 0.492 e. The Bertz CT molecular complexity index is 501. The maximum atomic E-state index is 6.16.